The van der Waals surface area contributed by atoms with Crippen LogP contribution in [0.5, 0.6) is 0 Å². The van der Waals surface area contributed by atoms with Gasteiger partial charge in [0.2, 0.25) is 5.95 Å². The number of nitrogens with zero attached hydrogens (tertiary/aromatic N) is 2. The highest BCUT2D eigenvalue weighted by Gasteiger charge is 2.02. The van der Waals surface area contributed by atoms with Crippen molar-refractivity contribution in [1.82, 2.24) is 20.4 Å². The number of aromatic amines is 2. The summed E-state index contributed by atoms with van der Waals surface area (Å²) in [4.78, 5) is 0. The minimum atomic E-state index is -0.388. The van der Waals surface area contributed by atoms with Crippen LogP contribution in [0.4, 0.5) is 4.39 Å². The van der Waals surface area contributed by atoms with Crippen LogP contribution in [0, 0.1) is 5.95 Å². The molecule has 0 saturated heterocycles. The SMILES string of the molecule is Brc1ccc2[nH]ncc2c1.Fc1[nH]nc2ccc(Br)cc12. The van der Waals surface area contributed by atoms with Crippen LogP contribution >= 0.6 is 31.9 Å². The van der Waals surface area contributed by atoms with E-state index in [2.05, 4.69) is 52.3 Å². The van der Waals surface area contributed by atoms with E-state index in [9.17, 15) is 4.39 Å². The Hall–Kier alpha value is -1.73. The molecule has 4 aromatic rings. The highest BCUT2D eigenvalue weighted by Crippen LogP contribution is 2.19. The van der Waals surface area contributed by atoms with E-state index in [0.717, 1.165) is 19.8 Å². The van der Waals surface area contributed by atoms with Crippen LogP contribution in [0.25, 0.3) is 21.8 Å². The second-order valence-electron chi connectivity index (χ2n) is 4.30. The maximum absolute atomic E-state index is 12.8. The van der Waals surface area contributed by atoms with Gasteiger partial charge in [-0.3, -0.25) is 10.2 Å². The van der Waals surface area contributed by atoms with Gasteiger partial charge in [-0.15, -0.1) is 0 Å². The summed E-state index contributed by atoms with van der Waals surface area (Å²) < 4.78 is 14.7. The zero-order chi connectivity index (χ0) is 14.8. The van der Waals surface area contributed by atoms with Gasteiger partial charge in [-0.2, -0.15) is 14.6 Å². The number of fused-ring (bicyclic) bond motifs is 2. The Morgan fingerprint density at radius 3 is 2.57 bits per heavy atom. The highest BCUT2D eigenvalue weighted by molar-refractivity contribution is 9.10. The molecule has 4 rings (SSSR count). The number of halogens is 3. The largest absolute Gasteiger partial charge is 0.278 e. The monoisotopic (exact) mass is 410 g/mol. The molecule has 0 unspecified atom stereocenters. The van der Waals surface area contributed by atoms with E-state index < -0.39 is 0 Å². The quantitative estimate of drug-likeness (QED) is 0.437. The summed E-state index contributed by atoms with van der Waals surface area (Å²) in [6.45, 7) is 0. The minimum absolute atomic E-state index is 0.388. The minimum Gasteiger partial charge on any atom is -0.278 e. The number of rotatable bonds is 0. The van der Waals surface area contributed by atoms with E-state index in [-0.39, 0.29) is 5.95 Å². The second kappa shape index (κ2) is 5.95. The predicted molar refractivity (Wildman–Crippen MR) is 87.5 cm³/mol. The summed E-state index contributed by atoms with van der Waals surface area (Å²) in [7, 11) is 0. The molecule has 4 nitrogen and oxygen atoms in total. The number of benzene rings is 2. The molecular weight excluding hydrogens is 403 g/mol. The first-order valence-corrected chi connectivity index (χ1v) is 7.60. The van der Waals surface area contributed by atoms with Crippen molar-refractivity contribution in [2.45, 2.75) is 0 Å². The van der Waals surface area contributed by atoms with Crippen LogP contribution in [-0.2, 0) is 0 Å². The summed E-state index contributed by atoms with van der Waals surface area (Å²) in [6, 6.07) is 11.3. The van der Waals surface area contributed by atoms with Gasteiger partial charge in [0.1, 0.15) is 0 Å². The third kappa shape index (κ3) is 3.14. The van der Waals surface area contributed by atoms with Gasteiger partial charge < -0.3 is 0 Å². The van der Waals surface area contributed by atoms with Crippen molar-refractivity contribution in [3.63, 3.8) is 0 Å². The maximum atomic E-state index is 12.8. The van der Waals surface area contributed by atoms with Crippen molar-refractivity contribution in [2.75, 3.05) is 0 Å². The van der Waals surface area contributed by atoms with Crippen molar-refractivity contribution in [3.8, 4) is 0 Å². The van der Waals surface area contributed by atoms with Gasteiger partial charge >= 0.3 is 0 Å². The molecule has 0 saturated carbocycles. The van der Waals surface area contributed by atoms with Gasteiger partial charge in [-0.05, 0) is 36.4 Å². The number of H-pyrrole nitrogens is 2. The molecule has 0 fully saturated rings. The molecule has 21 heavy (non-hydrogen) atoms. The highest BCUT2D eigenvalue weighted by atomic mass is 79.9. The van der Waals surface area contributed by atoms with Crippen molar-refractivity contribution in [1.29, 1.82) is 0 Å². The van der Waals surface area contributed by atoms with Crippen LogP contribution < -0.4 is 0 Å². The summed E-state index contributed by atoms with van der Waals surface area (Å²) in [5, 5.41) is 14.4. The third-order valence-electron chi connectivity index (χ3n) is 2.87. The molecule has 7 heteroatoms. The van der Waals surface area contributed by atoms with Crippen LogP contribution in [-0.4, -0.2) is 20.4 Å². The molecule has 106 valence electrons. The van der Waals surface area contributed by atoms with Crippen molar-refractivity contribution >= 4 is 53.7 Å². The van der Waals surface area contributed by atoms with Gasteiger partial charge in [0, 0.05) is 14.3 Å². The fraction of sp³-hybridized carbons (Fsp3) is 0. The van der Waals surface area contributed by atoms with E-state index >= 15 is 0 Å². The van der Waals surface area contributed by atoms with Gasteiger partial charge in [0.25, 0.3) is 0 Å². The van der Waals surface area contributed by atoms with E-state index in [1.165, 1.54) is 0 Å². The standard InChI is InChI=1S/C7H4BrFN2.C7H5BrN2/c8-4-1-2-6-5(3-4)7(9)11-10-6;8-6-1-2-7-5(3-6)4-9-10-7/h1-3H,(H,10,11);1-4H,(H,9,10). The normalized spacial score (nSPS) is 10.6. The summed E-state index contributed by atoms with van der Waals surface area (Å²) in [6.07, 6.45) is 1.81. The molecule has 0 aliphatic rings. The van der Waals surface area contributed by atoms with Gasteiger partial charge in [0.15, 0.2) is 0 Å². The predicted octanol–water partition coefficient (Wildman–Crippen LogP) is 4.79. The number of hydrogen-bond donors (Lipinski definition) is 2. The molecule has 2 N–H and O–H groups in total. The van der Waals surface area contributed by atoms with E-state index in [4.69, 9.17) is 0 Å². The van der Waals surface area contributed by atoms with E-state index in [0.29, 0.717) is 10.9 Å². The average Bonchev–Trinajstić information content (AvgIpc) is 3.06. The zero-order valence-corrected chi connectivity index (χ0v) is 13.7. The van der Waals surface area contributed by atoms with Gasteiger partial charge in [0.05, 0.1) is 22.6 Å². The average molecular weight is 412 g/mol. The second-order valence-corrected chi connectivity index (χ2v) is 6.13. The first-order valence-electron chi connectivity index (χ1n) is 6.01. The molecule has 2 aromatic carbocycles. The lowest BCUT2D eigenvalue weighted by atomic mass is 10.3. The Balaban J connectivity index is 0.000000126. The van der Waals surface area contributed by atoms with Gasteiger partial charge in [-0.1, -0.05) is 31.9 Å². The van der Waals surface area contributed by atoms with Gasteiger partial charge in [-0.25, -0.2) is 0 Å². The Labute approximate surface area is 136 Å². The fourth-order valence-corrected chi connectivity index (χ4v) is 2.60. The van der Waals surface area contributed by atoms with Crippen LogP contribution in [0.3, 0.4) is 0 Å². The molecule has 0 aliphatic carbocycles. The molecule has 0 spiro atoms. The fourth-order valence-electron chi connectivity index (χ4n) is 1.86. The first kappa shape index (κ1) is 14.2. The topological polar surface area (TPSA) is 57.4 Å². The summed E-state index contributed by atoms with van der Waals surface area (Å²) in [5.41, 5.74) is 1.72. The Bertz CT molecular complexity index is 900. The molecule has 0 radical (unpaired) electrons. The lowest BCUT2D eigenvalue weighted by Crippen LogP contribution is -1.70. The number of aromatic nitrogens is 4. The molecular formula is C14H9Br2FN4. The van der Waals surface area contributed by atoms with Crippen LogP contribution in [0.15, 0.2) is 51.5 Å². The third-order valence-corrected chi connectivity index (χ3v) is 3.86. The number of hydrogen-bond acceptors (Lipinski definition) is 2. The number of nitrogens with one attached hydrogen (secondary N) is 2. The molecule has 0 amide bonds. The van der Waals surface area contributed by atoms with E-state index in [1.54, 1.807) is 18.3 Å². The molecule has 0 atom stereocenters. The van der Waals surface area contributed by atoms with E-state index in [1.807, 2.05) is 24.3 Å². The molecule has 0 aliphatic heterocycles. The Morgan fingerprint density at radius 2 is 1.71 bits per heavy atom. The van der Waals surface area contributed by atoms with Crippen LogP contribution in [0.2, 0.25) is 0 Å². The zero-order valence-electron chi connectivity index (χ0n) is 10.6. The van der Waals surface area contributed by atoms with Crippen LogP contribution in [0.1, 0.15) is 0 Å². The van der Waals surface area contributed by atoms with Crippen molar-refractivity contribution in [2.24, 2.45) is 0 Å². The Kier molecular flexibility index (Phi) is 4.03. The molecule has 2 aromatic heterocycles. The molecule has 0 bridgehead atoms. The maximum Gasteiger partial charge on any atom is 0.216 e. The first-order chi connectivity index (χ1) is 10.1. The smallest absolute Gasteiger partial charge is 0.216 e. The lowest BCUT2D eigenvalue weighted by Gasteiger charge is -1.87. The summed E-state index contributed by atoms with van der Waals surface area (Å²) in [5.74, 6) is -0.388. The van der Waals surface area contributed by atoms with Crippen molar-refractivity contribution in [3.05, 3.63) is 57.5 Å². The lowest BCUT2D eigenvalue weighted by molar-refractivity contribution is 0.588. The van der Waals surface area contributed by atoms with Crippen molar-refractivity contribution < 1.29 is 4.39 Å². The Morgan fingerprint density at radius 1 is 0.952 bits per heavy atom. The molecule has 2 heterocycles. The summed E-state index contributed by atoms with van der Waals surface area (Å²) >= 11 is 6.62.